The number of nitrogens with one attached hydrogen (secondary N) is 2. The van der Waals surface area contributed by atoms with E-state index in [1.54, 1.807) is 24.3 Å². The molecule has 1 fully saturated rings. The van der Waals surface area contributed by atoms with Gasteiger partial charge >= 0.3 is 0 Å². The molecule has 0 radical (unpaired) electrons. The number of aromatic nitrogens is 5. The second-order valence-electron chi connectivity index (χ2n) is 8.78. The third-order valence-corrected chi connectivity index (χ3v) is 6.25. The minimum Gasteiger partial charge on any atom is -0.494 e. The molecule has 1 aliphatic carbocycles. The van der Waals surface area contributed by atoms with E-state index in [0.29, 0.717) is 18.2 Å². The van der Waals surface area contributed by atoms with Crippen molar-refractivity contribution in [2.24, 2.45) is 5.73 Å². The molecule has 0 aliphatic heterocycles. The van der Waals surface area contributed by atoms with Crippen LogP contribution < -0.4 is 21.2 Å². The molecule has 12 heteroatoms. The summed E-state index contributed by atoms with van der Waals surface area (Å²) in [5, 5.41) is 12.0. The average Bonchev–Trinajstić information content (AvgIpc) is 3.45. The molecule has 0 spiro atoms. The first-order chi connectivity index (χ1) is 18.0. The van der Waals surface area contributed by atoms with Crippen LogP contribution in [-0.2, 0) is 17.9 Å². The zero-order valence-corrected chi connectivity index (χ0v) is 20.6. The van der Waals surface area contributed by atoms with Gasteiger partial charge < -0.3 is 25.2 Å². The highest BCUT2D eigenvalue weighted by Crippen LogP contribution is 2.39. The Kier molecular flexibility index (Phi) is 6.73. The van der Waals surface area contributed by atoms with Crippen LogP contribution in [0.15, 0.2) is 60.9 Å². The number of fused-ring (bicyclic) bond motifs is 1. The van der Waals surface area contributed by atoms with Gasteiger partial charge in [0.15, 0.2) is 11.6 Å². The Morgan fingerprint density at radius 3 is 2.84 bits per heavy atom. The van der Waals surface area contributed by atoms with Crippen molar-refractivity contribution in [3.8, 4) is 11.4 Å². The van der Waals surface area contributed by atoms with E-state index in [4.69, 9.17) is 10.5 Å². The molecule has 0 saturated heterocycles. The monoisotopic (exact) mass is 505 g/mol. The van der Waals surface area contributed by atoms with E-state index in [1.165, 1.54) is 48.7 Å². The zero-order chi connectivity index (χ0) is 25.9. The standard InChI is InChI=1S/C25H28FN9O2/c1-28-34(14-18-13-33-12-17(16-3-4-16)5-8-23(33)31-18)15-20(27)25(36)29-11-19-21(35-10-9-30-32-35)6-7-22(37-2)24(19)26/h5-10,12-13,15-16,28H,3-4,11,14,27H2,1-2H3,(H,29,36)/b20-15-. The van der Waals surface area contributed by atoms with Crippen LogP contribution in [0.3, 0.4) is 0 Å². The number of amides is 1. The van der Waals surface area contributed by atoms with Crippen LogP contribution in [0.1, 0.15) is 35.6 Å². The molecular weight excluding hydrogens is 477 g/mol. The van der Waals surface area contributed by atoms with E-state index in [1.807, 2.05) is 16.7 Å². The first-order valence-corrected chi connectivity index (χ1v) is 11.9. The summed E-state index contributed by atoms with van der Waals surface area (Å²) in [7, 11) is 3.09. The number of pyridine rings is 1. The molecule has 4 aromatic rings. The molecule has 3 heterocycles. The Bertz CT molecular complexity index is 1440. The third kappa shape index (κ3) is 5.23. The lowest BCUT2D eigenvalue weighted by molar-refractivity contribution is -0.117. The maximum Gasteiger partial charge on any atom is 0.268 e. The summed E-state index contributed by atoms with van der Waals surface area (Å²) in [5.74, 6) is -0.458. The van der Waals surface area contributed by atoms with Crippen molar-refractivity contribution in [2.45, 2.75) is 31.8 Å². The van der Waals surface area contributed by atoms with Crippen LogP contribution in [0.25, 0.3) is 11.3 Å². The molecule has 1 saturated carbocycles. The lowest BCUT2D eigenvalue weighted by atomic mass is 10.1. The van der Waals surface area contributed by atoms with Crippen LogP contribution in [0.5, 0.6) is 5.75 Å². The van der Waals surface area contributed by atoms with Gasteiger partial charge in [-0.15, -0.1) is 5.10 Å². The van der Waals surface area contributed by atoms with Gasteiger partial charge in [0.05, 0.1) is 37.4 Å². The summed E-state index contributed by atoms with van der Waals surface area (Å²) in [6.45, 7) is 0.243. The molecule has 0 unspecified atom stereocenters. The normalized spacial score (nSPS) is 13.6. The number of rotatable bonds is 10. The van der Waals surface area contributed by atoms with Crippen molar-refractivity contribution in [2.75, 3.05) is 14.2 Å². The summed E-state index contributed by atoms with van der Waals surface area (Å²) in [5.41, 5.74) is 12.6. The summed E-state index contributed by atoms with van der Waals surface area (Å²) in [6, 6.07) is 7.27. The first kappa shape index (κ1) is 24.3. The van der Waals surface area contributed by atoms with E-state index in [-0.39, 0.29) is 23.6 Å². The van der Waals surface area contributed by atoms with E-state index < -0.39 is 11.7 Å². The number of hydrazine groups is 1. The molecule has 37 heavy (non-hydrogen) atoms. The van der Waals surface area contributed by atoms with Gasteiger partial charge in [0.2, 0.25) is 0 Å². The Labute approximate surface area is 212 Å². The van der Waals surface area contributed by atoms with E-state index in [0.717, 1.165) is 11.3 Å². The Morgan fingerprint density at radius 1 is 1.30 bits per heavy atom. The molecular formula is C25H28FN9O2. The smallest absolute Gasteiger partial charge is 0.268 e. The number of methoxy groups -OCH3 is 1. The molecule has 0 bridgehead atoms. The molecule has 1 aliphatic rings. The van der Waals surface area contributed by atoms with Crippen LogP contribution >= 0.6 is 0 Å². The van der Waals surface area contributed by atoms with Crippen LogP contribution in [0.2, 0.25) is 0 Å². The number of ether oxygens (including phenoxy) is 1. The minimum atomic E-state index is -0.605. The van der Waals surface area contributed by atoms with Crippen LogP contribution in [0, 0.1) is 5.82 Å². The highest BCUT2D eigenvalue weighted by Gasteiger charge is 2.24. The van der Waals surface area contributed by atoms with E-state index in [2.05, 4.69) is 38.3 Å². The van der Waals surface area contributed by atoms with Gasteiger partial charge in [0.25, 0.3) is 5.91 Å². The van der Waals surface area contributed by atoms with Gasteiger partial charge in [0.1, 0.15) is 11.3 Å². The summed E-state index contributed by atoms with van der Waals surface area (Å²) in [6.07, 6.45) is 11.1. The lowest BCUT2D eigenvalue weighted by Crippen LogP contribution is -2.34. The number of carbonyl (C=O) groups excluding carboxylic acids is 1. The number of halogens is 1. The SMILES string of the molecule is CNN(/C=C(\N)C(=O)NCc1c(-n2ccnn2)ccc(OC)c1F)Cc1cn2cc(C3CC3)ccc2n1. The summed E-state index contributed by atoms with van der Waals surface area (Å²) < 4.78 is 23.6. The van der Waals surface area contributed by atoms with Gasteiger partial charge in [-0.25, -0.2) is 19.5 Å². The predicted octanol–water partition coefficient (Wildman–Crippen LogP) is 1.99. The number of hydrogen-bond acceptors (Lipinski definition) is 8. The highest BCUT2D eigenvalue weighted by molar-refractivity contribution is 5.92. The Morgan fingerprint density at radius 2 is 2.14 bits per heavy atom. The largest absolute Gasteiger partial charge is 0.494 e. The second-order valence-corrected chi connectivity index (χ2v) is 8.78. The average molecular weight is 506 g/mol. The predicted molar refractivity (Wildman–Crippen MR) is 134 cm³/mol. The molecule has 0 atom stereocenters. The van der Waals surface area contributed by atoms with Gasteiger partial charge in [0, 0.05) is 37.7 Å². The van der Waals surface area contributed by atoms with Crippen molar-refractivity contribution >= 4 is 11.6 Å². The van der Waals surface area contributed by atoms with Crippen LogP contribution in [-0.4, -0.2) is 49.5 Å². The van der Waals surface area contributed by atoms with E-state index >= 15 is 4.39 Å². The molecule has 3 aromatic heterocycles. The Balaban J connectivity index is 1.28. The highest BCUT2D eigenvalue weighted by atomic mass is 19.1. The fourth-order valence-corrected chi connectivity index (χ4v) is 4.12. The number of carbonyl (C=O) groups is 1. The molecule has 5 rings (SSSR count). The number of nitrogens with zero attached hydrogens (tertiary/aromatic N) is 6. The van der Waals surface area contributed by atoms with Gasteiger partial charge in [-0.05, 0) is 42.5 Å². The van der Waals surface area contributed by atoms with Crippen molar-refractivity contribution < 1.29 is 13.9 Å². The minimum absolute atomic E-state index is 0.0506. The second kappa shape index (κ2) is 10.3. The summed E-state index contributed by atoms with van der Waals surface area (Å²) >= 11 is 0. The van der Waals surface area contributed by atoms with Crippen molar-refractivity contribution in [3.63, 3.8) is 0 Å². The number of imidazole rings is 1. The van der Waals surface area contributed by atoms with Gasteiger partial charge in [-0.2, -0.15) is 0 Å². The molecule has 192 valence electrons. The van der Waals surface area contributed by atoms with Gasteiger partial charge in [-0.3, -0.25) is 4.79 Å². The van der Waals surface area contributed by atoms with Crippen molar-refractivity contribution in [3.05, 3.63) is 83.6 Å². The molecule has 11 nitrogen and oxygen atoms in total. The third-order valence-electron chi connectivity index (χ3n) is 6.25. The van der Waals surface area contributed by atoms with Crippen molar-refractivity contribution in [1.82, 2.24) is 40.1 Å². The quantitative estimate of drug-likeness (QED) is 0.221. The number of benzene rings is 1. The maximum atomic E-state index is 15.0. The zero-order valence-electron chi connectivity index (χ0n) is 20.6. The fourth-order valence-electron chi connectivity index (χ4n) is 4.12. The lowest BCUT2D eigenvalue weighted by Gasteiger charge is -2.19. The van der Waals surface area contributed by atoms with Crippen molar-refractivity contribution in [1.29, 1.82) is 0 Å². The molecule has 1 aromatic carbocycles. The Hall–Kier alpha value is -4.45. The summed E-state index contributed by atoms with van der Waals surface area (Å²) in [4.78, 5) is 17.4. The van der Waals surface area contributed by atoms with Gasteiger partial charge in [-0.1, -0.05) is 11.3 Å². The van der Waals surface area contributed by atoms with E-state index in [9.17, 15) is 4.79 Å². The first-order valence-electron chi connectivity index (χ1n) is 11.9. The maximum absolute atomic E-state index is 15.0. The fraction of sp³-hybridized carbons (Fsp3) is 0.280. The number of nitrogens with two attached hydrogens (primary N) is 1. The topological polar surface area (TPSA) is 128 Å². The molecule has 4 N–H and O–H groups in total. The number of hydrogen-bond donors (Lipinski definition) is 3. The van der Waals surface area contributed by atoms with Crippen LogP contribution in [0.4, 0.5) is 4.39 Å². The molecule has 1 amide bonds.